The van der Waals surface area contributed by atoms with Crippen molar-refractivity contribution in [2.75, 3.05) is 0 Å². The van der Waals surface area contributed by atoms with Crippen molar-refractivity contribution in [1.29, 1.82) is 0 Å². The molecule has 0 atom stereocenters. The van der Waals surface area contributed by atoms with Gasteiger partial charge in [-0.15, -0.1) is 0 Å². The summed E-state index contributed by atoms with van der Waals surface area (Å²) in [5.41, 5.74) is -0.622. The zero-order chi connectivity index (χ0) is 13.1. The van der Waals surface area contributed by atoms with Gasteiger partial charge < -0.3 is 0 Å². The minimum atomic E-state index is -4.40. The van der Waals surface area contributed by atoms with Gasteiger partial charge in [0.15, 0.2) is 5.78 Å². The third-order valence-corrected chi connectivity index (χ3v) is 2.83. The first-order valence-corrected chi connectivity index (χ1v) is 5.61. The molecule has 94 valence electrons. The molecule has 0 bridgehead atoms. The summed E-state index contributed by atoms with van der Waals surface area (Å²) < 4.78 is 37.5. The number of hydrogen-bond acceptors (Lipinski definition) is 1. The molecule has 1 nitrogen and oxygen atoms in total. The first-order chi connectivity index (χ1) is 7.90. The molecular formula is C13H15F3O. The van der Waals surface area contributed by atoms with Crippen LogP contribution in [0, 0.1) is 5.92 Å². The van der Waals surface area contributed by atoms with Crippen LogP contribution in [0.3, 0.4) is 0 Å². The molecule has 0 heterocycles. The van der Waals surface area contributed by atoms with E-state index in [1.54, 1.807) is 0 Å². The van der Waals surface area contributed by atoms with E-state index >= 15 is 0 Å². The van der Waals surface area contributed by atoms with Gasteiger partial charge in [-0.2, -0.15) is 13.2 Å². The van der Waals surface area contributed by atoms with Crippen molar-refractivity contribution in [1.82, 2.24) is 0 Å². The summed E-state index contributed by atoms with van der Waals surface area (Å²) >= 11 is 0. The fourth-order valence-electron chi connectivity index (χ4n) is 1.74. The predicted molar refractivity (Wildman–Crippen MR) is 59.8 cm³/mol. The molecule has 0 amide bonds. The number of carbonyl (C=O) groups is 1. The van der Waals surface area contributed by atoms with Crippen molar-refractivity contribution in [3.8, 4) is 0 Å². The van der Waals surface area contributed by atoms with E-state index < -0.39 is 11.7 Å². The van der Waals surface area contributed by atoms with E-state index in [-0.39, 0.29) is 17.3 Å². The Morgan fingerprint density at radius 1 is 1.24 bits per heavy atom. The lowest BCUT2D eigenvalue weighted by atomic mass is 9.92. The molecule has 1 aromatic rings. The second-order valence-electron chi connectivity index (χ2n) is 3.96. The van der Waals surface area contributed by atoms with Gasteiger partial charge in [-0.05, 0) is 25.0 Å². The van der Waals surface area contributed by atoms with E-state index in [1.165, 1.54) is 12.1 Å². The van der Waals surface area contributed by atoms with E-state index in [9.17, 15) is 18.0 Å². The second kappa shape index (κ2) is 5.34. The number of rotatable bonds is 4. The van der Waals surface area contributed by atoms with Gasteiger partial charge in [-0.25, -0.2) is 0 Å². The molecule has 0 saturated heterocycles. The normalized spacial score (nSPS) is 11.9. The van der Waals surface area contributed by atoms with Gasteiger partial charge >= 0.3 is 6.18 Å². The number of ketones is 1. The topological polar surface area (TPSA) is 17.1 Å². The number of benzene rings is 1. The Bertz CT molecular complexity index is 392. The molecule has 0 spiro atoms. The third-order valence-electron chi connectivity index (χ3n) is 2.83. The Balaban J connectivity index is 3.04. The molecule has 0 radical (unpaired) electrons. The van der Waals surface area contributed by atoms with Crippen LogP contribution in [0.25, 0.3) is 0 Å². The van der Waals surface area contributed by atoms with Gasteiger partial charge in [0, 0.05) is 11.5 Å². The van der Waals surface area contributed by atoms with Gasteiger partial charge in [0.25, 0.3) is 0 Å². The molecule has 0 unspecified atom stereocenters. The van der Waals surface area contributed by atoms with Crippen LogP contribution in [0.5, 0.6) is 0 Å². The lowest BCUT2D eigenvalue weighted by molar-refractivity contribution is -0.137. The predicted octanol–water partition coefficient (Wildman–Crippen LogP) is 4.32. The number of Topliss-reactive ketones (excluding diaryl/α,β-unsaturated/α-hetero) is 1. The average molecular weight is 244 g/mol. The minimum absolute atomic E-state index is 0.147. The maximum absolute atomic E-state index is 12.5. The van der Waals surface area contributed by atoms with Crippen LogP contribution in [0.15, 0.2) is 24.3 Å². The van der Waals surface area contributed by atoms with Crippen LogP contribution < -0.4 is 0 Å². The summed E-state index contributed by atoms with van der Waals surface area (Å²) in [6.45, 7) is 3.72. The van der Waals surface area contributed by atoms with Crippen LogP contribution in [-0.2, 0) is 6.18 Å². The molecule has 1 rings (SSSR count). The molecule has 0 fully saturated rings. The molecule has 1 aromatic carbocycles. The highest BCUT2D eigenvalue weighted by molar-refractivity contribution is 5.97. The molecule has 0 aliphatic carbocycles. The van der Waals surface area contributed by atoms with Crippen molar-refractivity contribution in [3.63, 3.8) is 0 Å². The standard InChI is InChI=1S/C13H15F3O/c1-3-9(4-2)12(17)10-6-5-7-11(8-10)13(14,15)16/h5-9H,3-4H2,1-2H3. The summed E-state index contributed by atoms with van der Waals surface area (Å²) in [7, 11) is 0. The molecule has 0 N–H and O–H groups in total. The zero-order valence-corrected chi connectivity index (χ0v) is 9.84. The Morgan fingerprint density at radius 2 is 1.82 bits per heavy atom. The van der Waals surface area contributed by atoms with Gasteiger partial charge in [-0.3, -0.25) is 4.79 Å². The van der Waals surface area contributed by atoms with Crippen LogP contribution in [0.4, 0.5) is 13.2 Å². The van der Waals surface area contributed by atoms with E-state index in [0.29, 0.717) is 12.8 Å². The smallest absolute Gasteiger partial charge is 0.294 e. The Kier molecular flexibility index (Phi) is 4.32. The quantitative estimate of drug-likeness (QED) is 0.721. The monoisotopic (exact) mass is 244 g/mol. The maximum atomic E-state index is 12.5. The van der Waals surface area contributed by atoms with Crippen molar-refractivity contribution < 1.29 is 18.0 Å². The molecule has 0 saturated carbocycles. The van der Waals surface area contributed by atoms with Gasteiger partial charge in [0.1, 0.15) is 0 Å². The summed E-state index contributed by atoms with van der Waals surface area (Å²) in [5, 5.41) is 0. The van der Waals surface area contributed by atoms with Gasteiger partial charge in [-0.1, -0.05) is 26.0 Å². The zero-order valence-electron chi connectivity index (χ0n) is 9.84. The molecular weight excluding hydrogens is 229 g/mol. The Morgan fingerprint density at radius 3 is 2.29 bits per heavy atom. The number of carbonyl (C=O) groups excluding carboxylic acids is 1. The van der Waals surface area contributed by atoms with Crippen molar-refractivity contribution in [2.45, 2.75) is 32.9 Å². The lowest BCUT2D eigenvalue weighted by Gasteiger charge is -2.12. The first-order valence-electron chi connectivity index (χ1n) is 5.61. The molecule has 0 aliphatic rings. The van der Waals surface area contributed by atoms with E-state index in [4.69, 9.17) is 0 Å². The number of hydrogen-bond donors (Lipinski definition) is 0. The Labute approximate surface area is 98.6 Å². The van der Waals surface area contributed by atoms with E-state index in [1.807, 2.05) is 13.8 Å². The minimum Gasteiger partial charge on any atom is -0.294 e. The van der Waals surface area contributed by atoms with E-state index in [2.05, 4.69) is 0 Å². The lowest BCUT2D eigenvalue weighted by Crippen LogP contribution is -2.14. The SMILES string of the molecule is CCC(CC)C(=O)c1cccc(C(F)(F)F)c1. The first kappa shape index (κ1) is 13.7. The highest BCUT2D eigenvalue weighted by Gasteiger charge is 2.31. The summed E-state index contributed by atoms with van der Waals surface area (Å²) in [4.78, 5) is 11.9. The van der Waals surface area contributed by atoms with Crippen LogP contribution in [0.2, 0.25) is 0 Å². The largest absolute Gasteiger partial charge is 0.416 e. The molecule has 17 heavy (non-hydrogen) atoms. The van der Waals surface area contributed by atoms with Crippen LogP contribution in [-0.4, -0.2) is 5.78 Å². The highest BCUT2D eigenvalue weighted by atomic mass is 19.4. The van der Waals surface area contributed by atoms with Crippen LogP contribution in [0.1, 0.15) is 42.6 Å². The second-order valence-corrected chi connectivity index (χ2v) is 3.96. The van der Waals surface area contributed by atoms with E-state index in [0.717, 1.165) is 12.1 Å². The molecule has 0 aliphatic heterocycles. The Hall–Kier alpha value is -1.32. The van der Waals surface area contributed by atoms with Crippen molar-refractivity contribution >= 4 is 5.78 Å². The van der Waals surface area contributed by atoms with Gasteiger partial charge in [0.2, 0.25) is 0 Å². The molecule has 0 aromatic heterocycles. The van der Waals surface area contributed by atoms with Crippen molar-refractivity contribution in [2.24, 2.45) is 5.92 Å². The van der Waals surface area contributed by atoms with Crippen molar-refractivity contribution in [3.05, 3.63) is 35.4 Å². The number of halogens is 3. The fourth-order valence-corrected chi connectivity index (χ4v) is 1.74. The maximum Gasteiger partial charge on any atom is 0.416 e. The summed E-state index contributed by atoms with van der Waals surface area (Å²) in [6, 6.07) is 4.62. The fraction of sp³-hybridized carbons (Fsp3) is 0.462. The van der Waals surface area contributed by atoms with Crippen LogP contribution >= 0.6 is 0 Å². The molecule has 4 heteroatoms. The highest BCUT2D eigenvalue weighted by Crippen LogP contribution is 2.30. The summed E-state index contributed by atoms with van der Waals surface area (Å²) in [5.74, 6) is -0.403. The van der Waals surface area contributed by atoms with Gasteiger partial charge in [0.05, 0.1) is 5.56 Å². The number of alkyl halides is 3. The third kappa shape index (κ3) is 3.32. The average Bonchev–Trinajstić information content (AvgIpc) is 2.29. The summed E-state index contributed by atoms with van der Waals surface area (Å²) in [6.07, 6.45) is -3.11.